The second-order valence-corrected chi connectivity index (χ2v) is 6.32. The number of anilines is 1. The molecular formula is C13H19ClN2S. The van der Waals surface area contributed by atoms with E-state index in [1.807, 2.05) is 18.2 Å². The van der Waals surface area contributed by atoms with Crippen LogP contribution in [0.2, 0.25) is 5.02 Å². The van der Waals surface area contributed by atoms with Gasteiger partial charge in [0.05, 0.1) is 0 Å². The van der Waals surface area contributed by atoms with Crippen LogP contribution in [-0.4, -0.2) is 29.0 Å². The molecule has 1 aliphatic rings. The summed E-state index contributed by atoms with van der Waals surface area (Å²) in [5.41, 5.74) is 7.99. The third kappa shape index (κ3) is 3.54. The van der Waals surface area contributed by atoms with Gasteiger partial charge in [0.2, 0.25) is 0 Å². The molecule has 17 heavy (non-hydrogen) atoms. The third-order valence-corrected chi connectivity index (χ3v) is 4.79. The van der Waals surface area contributed by atoms with Crippen LogP contribution in [0.5, 0.6) is 0 Å². The van der Waals surface area contributed by atoms with Gasteiger partial charge in [-0.1, -0.05) is 24.6 Å². The Hall–Kier alpha value is -0.380. The molecule has 0 aliphatic carbocycles. The van der Waals surface area contributed by atoms with E-state index < -0.39 is 0 Å². The molecule has 1 fully saturated rings. The highest BCUT2D eigenvalue weighted by atomic mass is 35.5. The Balaban J connectivity index is 2.00. The quantitative estimate of drug-likeness (QED) is 0.855. The van der Waals surface area contributed by atoms with E-state index in [-0.39, 0.29) is 0 Å². The zero-order valence-electron chi connectivity index (χ0n) is 10.2. The summed E-state index contributed by atoms with van der Waals surface area (Å²) >= 11 is 8.00. The second-order valence-electron chi connectivity index (χ2n) is 4.48. The summed E-state index contributed by atoms with van der Waals surface area (Å²) in [6.45, 7) is 5.53. The van der Waals surface area contributed by atoms with E-state index in [0.29, 0.717) is 5.02 Å². The first kappa shape index (κ1) is 13.1. The molecule has 0 radical (unpaired) electrons. The molecule has 2 rings (SSSR count). The van der Waals surface area contributed by atoms with Gasteiger partial charge in [-0.2, -0.15) is 11.8 Å². The average Bonchev–Trinajstić information content (AvgIpc) is 2.33. The van der Waals surface area contributed by atoms with Crippen LogP contribution in [-0.2, 0) is 6.54 Å². The smallest absolute Gasteiger partial charge is 0.0426 e. The highest BCUT2D eigenvalue weighted by Crippen LogP contribution is 2.24. The maximum Gasteiger partial charge on any atom is 0.0426 e. The molecule has 1 atom stereocenters. The Morgan fingerprint density at radius 2 is 2.35 bits per heavy atom. The molecule has 1 heterocycles. The van der Waals surface area contributed by atoms with E-state index in [1.54, 1.807) is 0 Å². The number of hydrogen-bond acceptors (Lipinski definition) is 3. The van der Waals surface area contributed by atoms with Gasteiger partial charge >= 0.3 is 0 Å². The summed E-state index contributed by atoms with van der Waals surface area (Å²) in [6.07, 6.45) is 1.25. The molecule has 2 N–H and O–H groups in total. The number of benzene rings is 1. The van der Waals surface area contributed by atoms with Crippen molar-refractivity contribution in [3.8, 4) is 0 Å². The molecule has 1 aromatic carbocycles. The van der Waals surface area contributed by atoms with Gasteiger partial charge in [0, 0.05) is 41.3 Å². The molecule has 4 heteroatoms. The van der Waals surface area contributed by atoms with Crippen molar-refractivity contribution in [2.75, 3.05) is 24.6 Å². The van der Waals surface area contributed by atoms with Crippen molar-refractivity contribution in [1.82, 2.24) is 4.90 Å². The van der Waals surface area contributed by atoms with Crippen molar-refractivity contribution >= 4 is 29.1 Å². The number of nitrogen functional groups attached to an aromatic ring is 1. The standard InChI is InChI=1S/C13H19ClN2S/c1-2-12-9-16(5-6-17-12)8-10-3-4-11(14)7-13(10)15/h3-4,7,12H,2,5-6,8-9,15H2,1H3. The molecule has 94 valence electrons. The lowest BCUT2D eigenvalue weighted by molar-refractivity contribution is 0.273. The molecule has 2 nitrogen and oxygen atoms in total. The van der Waals surface area contributed by atoms with Crippen LogP contribution >= 0.6 is 23.4 Å². The van der Waals surface area contributed by atoms with E-state index in [9.17, 15) is 0 Å². The first-order valence-corrected chi connectivity index (χ1v) is 7.49. The predicted molar refractivity (Wildman–Crippen MR) is 77.7 cm³/mol. The molecule has 1 aromatic rings. The number of rotatable bonds is 3. The van der Waals surface area contributed by atoms with Gasteiger partial charge in [0.1, 0.15) is 0 Å². The SMILES string of the molecule is CCC1CN(Cc2ccc(Cl)cc2N)CCS1. The minimum Gasteiger partial charge on any atom is -0.398 e. The largest absolute Gasteiger partial charge is 0.398 e. The second kappa shape index (κ2) is 5.98. The Morgan fingerprint density at radius 3 is 3.06 bits per heavy atom. The van der Waals surface area contributed by atoms with E-state index in [1.165, 1.54) is 24.3 Å². The van der Waals surface area contributed by atoms with Crippen molar-refractivity contribution in [1.29, 1.82) is 0 Å². The molecule has 0 spiro atoms. The Bertz CT molecular complexity index is 384. The highest BCUT2D eigenvalue weighted by Gasteiger charge is 2.19. The van der Waals surface area contributed by atoms with Crippen molar-refractivity contribution < 1.29 is 0 Å². The summed E-state index contributed by atoms with van der Waals surface area (Å²) in [5.74, 6) is 1.23. The van der Waals surface area contributed by atoms with Crippen LogP contribution in [0.3, 0.4) is 0 Å². The summed E-state index contributed by atoms with van der Waals surface area (Å²) in [7, 11) is 0. The number of nitrogens with zero attached hydrogens (tertiary/aromatic N) is 1. The number of halogens is 1. The highest BCUT2D eigenvalue weighted by molar-refractivity contribution is 8.00. The van der Waals surface area contributed by atoms with E-state index in [2.05, 4.69) is 23.6 Å². The molecule has 0 amide bonds. The first-order valence-electron chi connectivity index (χ1n) is 6.07. The van der Waals surface area contributed by atoms with Crippen LogP contribution < -0.4 is 5.73 Å². The minimum absolute atomic E-state index is 0.715. The molecule has 0 aromatic heterocycles. The summed E-state index contributed by atoms with van der Waals surface area (Å²) < 4.78 is 0. The fraction of sp³-hybridized carbons (Fsp3) is 0.538. The van der Waals surface area contributed by atoms with E-state index in [0.717, 1.165) is 24.0 Å². The molecule has 1 saturated heterocycles. The van der Waals surface area contributed by atoms with Crippen molar-refractivity contribution in [3.05, 3.63) is 28.8 Å². The first-order chi connectivity index (χ1) is 8.19. The van der Waals surface area contributed by atoms with Crippen LogP contribution in [0.1, 0.15) is 18.9 Å². The van der Waals surface area contributed by atoms with Crippen LogP contribution in [0, 0.1) is 0 Å². The molecule has 1 aliphatic heterocycles. The predicted octanol–water partition coefficient (Wildman–Crippen LogP) is 3.25. The molecule has 0 bridgehead atoms. The maximum atomic E-state index is 5.99. The zero-order chi connectivity index (χ0) is 12.3. The van der Waals surface area contributed by atoms with Gasteiger partial charge in [-0.25, -0.2) is 0 Å². The Kier molecular flexibility index (Phi) is 4.60. The van der Waals surface area contributed by atoms with Gasteiger partial charge in [-0.05, 0) is 24.1 Å². The molecule has 0 saturated carbocycles. The maximum absolute atomic E-state index is 5.99. The van der Waals surface area contributed by atoms with Crippen molar-refractivity contribution in [3.63, 3.8) is 0 Å². The van der Waals surface area contributed by atoms with Crippen molar-refractivity contribution in [2.24, 2.45) is 0 Å². The third-order valence-electron chi connectivity index (χ3n) is 3.18. The van der Waals surface area contributed by atoms with Crippen LogP contribution in [0.4, 0.5) is 5.69 Å². The molecular weight excluding hydrogens is 252 g/mol. The summed E-state index contributed by atoms with van der Waals surface area (Å²) in [5, 5.41) is 1.49. The summed E-state index contributed by atoms with van der Waals surface area (Å²) in [6, 6.07) is 5.80. The Labute approximate surface area is 113 Å². The van der Waals surface area contributed by atoms with Crippen LogP contribution in [0.15, 0.2) is 18.2 Å². The number of hydrogen-bond donors (Lipinski definition) is 1. The van der Waals surface area contributed by atoms with Crippen molar-refractivity contribution in [2.45, 2.75) is 25.1 Å². The van der Waals surface area contributed by atoms with Gasteiger partial charge in [-0.15, -0.1) is 0 Å². The van der Waals surface area contributed by atoms with E-state index >= 15 is 0 Å². The Morgan fingerprint density at radius 1 is 1.53 bits per heavy atom. The van der Waals surface area contributed by atoms with Gasteiger partial charge in [-0.3, -0.25) is 4.90 Å². The number of nitrogens with two attached hydrogens (primary N) is 1. The van der Waals surface area contributed by atoms with Gasteiger partial charge in [0.25, 0.3) is 0 Å². The zero-order valence-corrected chi connectivity index (χ0v) is 11.7. The minimum atomic E-state index is 0.715. The fourth-order valence-corrected chi connectivity index (χ4v) is 3.55. The fourth-order valence-electron chi connectivity index (χ4n) is 2.12. The topological polar surface area (TPSA) is 29.3 Å². The van der Waals surface area contributed by atoms with Gasteiger partial charge < -0.3 is 5.73 Å². The molecule has 1 unspecified atom stereocenters. The monoisotopic (exact) mass is 270 g/mol. The lowest BCUT2D eigenvalue weighted by atomic mass is 10.1. The summed E-state index contributed by atoms with van der Waals surface area (Å²) in [4.78, 5) is 2.49. The number of thioether (sulfide) groups is 1. The van der Waals surface area contributed by atoms with Crippen LogP contribution in [0.25, 0.3) is 0 Å². The normalized spacial score (nSPS) is 21.6. The lowest BCUT2D eigenvalue weighted by Gasteiger charge is -2.32. The average molecular weight is 271 g/mol. The lowest BCUT2D eigenvalue weighted by Crippen LogP contribution is -2.37. The van der Waals surface area contributed by atoms with E-state index in [4.69, 9.17) is 17.3 Å². The van der Waals surface area contributed by atoms with Gasteiger partial charge in [0.15, 0.2) is 0 Å².